The van der Waals surface area contributed by atoms with Crippen molar-refractivity contribution in [3.63, 3.8) is 0 Å². The second kappa shape index (κ2) is 6.93. The van der Waals surface area contributed by atoms with Crippen LogP contribution in [0.1, 0.15) is 32.6 Å². The SMILES string of the molecule is CCC(CCBr)NS(=O)(=O)C1CCOCC1. The van der Waals surface area contributed by atoms with Gasteiger partial charge in [0.2, 0.25) is 10.0 Å². The lowest BCUT2D eigenvalue weighted by atomic mass is 10.2. The van der Waals surface area contributed by atoms with Crippen LogP contribution in [0, 0.1) is 0 Å². The van der Waals surface area contributed by atoms with E-state index in [2.05, 4.69) is 20.7 Å². The number of hydrogen-bond acceptors (Lipinski definition) is 3. The summed E-state index contributed by atoms with van der Waals surface area (Å²) < 4.78 is 32.1. The van der Waals surface area contributed by atoms with Crippen molar-refractivity contribution in [1.82, 2.24) is 4.72 Å². The molecule has 1 N–H and O–H groups in total. The van der Waals surface area contributed by atoms with Crippen LogP contribution in [0.4, 0.5) is 0 Å². The number of ether oxygens (including phenoxy) is 1. The van der Waals surface area contributed by atoms with E-state index in [0.717, 1.165) is 18.2 Å². The number of sulfonamides is 1. The maximum Gasteiger partial charge on any atom is 0.214 e. The lowest BCUT2D eigenvalue weighted by Crippen LogP contribution is -2.43. The third-order valence-electron chi connectivity index (χ3n) is 2.89. The van der Waals surface area contributed by atoms with Crippen LogP contribution in [0.3, 0.4) is 0 Å². The van der Waals surface area contributed by atoms with Crippen LogP contribution in [0.25, 0.3) is 0 Å². The molecule has 0 aliphatic carbocycles. The van der Waals surface area contributed by atoms with E-state index in [9.17, 15) is 8.42 Å². The predicted molar refractivity (Wildman–Crippen MR) is 68.4 cm³/mol. The molecule has 96 valence electrons. The molecule has 0 aromatic rings. The molecule has 0 saturated carbocycles. The van der Waals surface area contributed by atoms with Crippen molar-refractivity contribution < 1.29 is 13.2 Å². The van der Waals surface area contributed by atoms with Crippen molar-refractivity contribution in [2.45, 2.75) is 43.9 Å². The van der Waals surface area contributed by atoms with Crippen molar-refractivity contribution in [2.75, 3.05) is 18.5 Å². The highest BCUT2D eigenvalue weighted by Crippen LogP contribution is 2.16. The summed E-state index contributed by atoms with van der Waals surface area (Å²) in [5.74, 6) is 0. The van der Waals surface area contributed by atoms with Gasteiger partial charge in [-0.3, -0.25) is 0 Å². The molecule has 0 amide bonds. The predicted octanol–water partition coefficient (Wildman–Crippen LogP) is 1.65. The molecule has 0 bridgehead atoms. The fourth-order valence-corrected chi connectivity index (χ4v) is 4.10. The minimum Gasteiger partial charge on any atom is -0.381 e. The Balaban J connectivity index is 2.54. The summed E-state index contributed by atoms with van der Waals surface area (Å²) in [4.78, 5) is 0. The molecule has 1 aliphatic rings. The fraction of sp³-hybridized carbons (Fsp3) is 1.00. The van der Waals surface area contributed by atoms with Crippen LogP contribution in [0.15, 0.2) is 0 Å². The van der Waals surface area contributed by atoms with E-state index in [1.54, 1.807) is 0 Å². The average Bonchev–Trinajstić information content (AvgIpc) is 2.29. The Bertz CT molecular complexity index is 288. The molecule has 16 heavy (non-hydrogen) atoms. The van der Waals surface area contributed by atoms with Crippen molar-refractivity contribution in [3.05, 3.63) is 0 Å². The minimum absolute atomic E-state index is 0.0484. The number of halogens is 1. The van der Waals surface area contributed by atoms with E-state index in [-0.39, 0.29) is 11.3 Å². The molecular formula is C10H20BrNO3S. The van der Waals surface area contributed by atoms with Crippen LogP contribution in [0.2, 0.25) is 0 Å². The molecule has 4 nitrogen and oxygen atoms in total. The zero-order valence-electron chi connectivity index (χ0n) is 9.62. The molecule has 0 spiro atoms. The zero-order chi connectivity index (χ0) is 12.0. The van der Waals surface area contributed by atoms with E-state index in [0.29, 0.717) is 26.1 Å². The summed E-state index contributed by atoms with van der Waals surface area (Å²) >= 11 is 3.34. The van der Waals surface area contributed by atoms with Gasteiger partial charge in [-0.05, 0) is 25.7 Å². The number of nitrogens with one attached hydrogen (secondary N) is 1. The molecule has 1 aliphatic heterocycles. The molecule has 1 heterocycles. The summed E-state index contributed by atoms with van der Waals surface area (Å²) in [6, 6.07) is 0.0484. The van der Waals surface area contributed by atoms with Gasteiger partial charge in [-0.1, -0.05) is 22.9 Å². The summed E-state index contributed by atoms with van der Waals surface area (Å²) in [5.41, 5.74) is 0. The Hall–Kier alpha value is 0.350. The minimum atomic E-state index is -3.17. The number of rotatable bonds is 6. The van der Waals surface area contributed by atoms with Gasteiger partial charge < -0.3 is 4.74 Å². The van der Waals surface area contributed by atoms with E-state index in [1.807, 2.05) is 6.92 Å². The third kappa shape index (κ3) is 4.31. The molecule has 1 saturated heterocycles. The Morgan fingerprint density at radius 3 is 2.56 bits per heavy atom. The Morgan fingerprint density at radius 2 is 2.06 bits per heavy atom. The topological polar surface area (TPSA) is 55.4 Å². The van der Waals surface area contributed by atoms with Gasteiger partial charge in [0.15, 0.2) is 0 Å². The Morgan fingerprint density at radius 1 is 1.44 bits per heavy atom. The molecule has 0 aromatic heterocycles. The highest BCUT2D eigenvalue weighted by molar-refractivity contribution is 9.09. The number of alkyl halides is 1. The van der Waals surface area contributed by atoms with Crippen LogP contribution in [-0.4, -0.2) is 38.3 Å². The van der Waals surface area contributed by atoms with Gasteiger partial charge in [-0.25, -0.2) is 13.1 Å². The molecule has 1 unspecified atom stereocenters. The molecule has 1 rings (SSSR count). The largest absolute Gasteiger partial charge is 0.381 e. The average molecular weight is 314 g/mol. The summed E-state index contributed by atoms with van der Waals surface area (Å²) in [6.07, 6.45) is 2.88. The second-order valence-electron chi connectivity index (χ2n) is 4.06. The smallest absolute Gasteiger partial charge is 0.214 e. The highest BCUT2D eigenvalue weighted by Gasteiger charge is 2.29. The van der Waals surface area contributed by atoms with Crippen molar-refractivity contribution >= 4 is 26.0 Å². The molecule has 1 atom stereocenters. The maximum atomic E-state index is 12.0. The molecule has 0 aromatic carbocycles. The standard InChI is InChI=1S/C10H20BrNO3S/c1-2-9(3-6-11)12-16(13,14)10-4-7-15-8-5-10/h9-10,12H,2-8H2,1H3. The van der Waals surface area contributed by atoms with Crippen LogP contribution < -0.4 is 4.72 Å². The first-order valence-corrected chi connectivity index (χ1v) is 8.41. The molecule has 0 radical (unpaired) electrons. The highest BCUT2D eigenvalue weighted by atomic mass is 79.9. The normalized spacial score (nSPS) is 20.9. The van der Waals surface area contributed by atoms with Crippen molar-refractivity contribution in [2.24, 2.45) is 0 Å². The number of hydrogen-bond donors (Lipinski definition) is 1. The Kier molecular flexibility index (Phi) is 6.25. The van der Waals surface area contributed by atoms with Crippen molar-refractivity contribution in [3.8, 4) is 0 Å². The van der Waals surface area contributed by atoms with E-state index in [4.69, 9.17) is 4.74 Å². The quantitative estimate of drug-likeness (QED) is 0.759. The van der Waals surface area contributed by atoms with Crippen LogP contribution >= 0.6 is 15.9 Å². The Labute approximate surface area is 106 Å². The summed E-state index contributed by atoms with van der Waals surface area (Å²) in [6.45, 7) is 3.11. The van der Waals surface area contributed by atoms with Crippen LogP contribution in [0.5, 0.6) is 0 Å². The van der Waals surface area contributed by atoms with Gasteiger partial charge in [0.1, 0.15) is 0 Å². The first kappa shape index (κ1) is 14.4. The molecular weight excluding hydrogens is 294 g/mol. The van der Waals surface area contributed by atoms with Gasteiger partial charge in [-0.15, -0.1) is 0 Å². The lowest BCUT2D eigenvalue weighted by Gasteiger charge is -2.25. The summed E-state index contributed by atoms with van der Waals surface area (Å²) in [7, 11) is -3.17. The van der Waals surface area contributed by atoms with E-state index < -0.39 is 10.0 Å². The monoisotopic (exact) mass is 313 g/mol. The summed E-state index contributed by atoms with van der Waals surface area (Å²) in [5, 5.41) is 0.549. The van der Waals surface area contributed by atoms with Gasteiger partial charge in [-0.2, -0.15) is 0 Å². The fourth-order valence-electron chi connectivity index (χ4n) is 1.79. The first-order valence-electron chi connectivity index (χ1n) is 5.75. The molecule has 6 heteroatoms. The molecule has 1 fully saturated rings. The van der Waals surface area contributed by atoms with Gasteiger partial charge in [0.05, 0.1) is 5.25 Å². The van der Waals surface area contributed by atoms with Crippen LogP contribution in [-0.2, 0) is 14.8 Å². The maximum absolute atomic E-state index is 12.0. The van der Waals surface area contributed by atoms with Gasteiger partial charge in [0.25, 0.3) is 0 Å². The van der Waals surface area contributed by atoms with E-state index in [1.165, 1.54) is 0 Å². The van der Waals surface area contributed by atoms with E-state index >= 15 is 0 Å². The van der Waals surface area contributed by atoms with Gasteiger partial charge in [0, 0.05) is 24.6 Å². The zero-order valence-corrected chi connectivity index (χ0v) is 12.0. The lowest BCUT2D eigenvalue weighted by molar-refractivity contribution is 0.0980. The first-order chi connectivity index (χ1) is 7.60. The second-order valence-corrected chi connectivity index (χ2v) is 6.84. The van der Waals surface area contributed by atoms with Gasteiger partial charge >= 0.3 is 0 Å². The third-order valence-corrected chi connectivity index (χ3v) is 5.36. The van der Waals surface area contributed by atoms with Crippen molar-refractivity contribution in [1.29, 1.82) is 0 Å².